The Morgan fingerprint density at radius 1 is 0.899 bits per heavy atom. The minimum atomic E-state index is -2.08. The molecule has 1 saturated heterocycles. The van der Waals surface area contributed by atoms with Crippen LogP contribution in [0.15, 0.2) is 52.2 Å². The van der Waals surface area contributed by atoms with E-state index in [-0.39, 0.29) is 79.6 Å². The number of carbonyl (C=O) groups excluding carboxylic acids is 5. The number of carboxylic acid groups (broad SMARTS) is 1. The van der Waals surface area contributed by atoms with Crippen LogP contribution in [0.5, 0.6) is 5.75 Å². The molecule has 0 bridgehead atoms. The van der Waals surface area contributed by atoms with Crippen LogP contribution in [0.2, 0.25) is 32.2 Å². The molecule has 0 aliphatic carbocycles. The molecule has 2 amide bonds. The van der Waals surface area contributed by atoms with E-state index in [9.17, 15) is 33.9 Å². The Morgan fingerprint density at radius 2 is 1.61 bits per heavy atom. The van der Waals surface area contributed by atoms with Crippen molar-refractivity contribution in [1.82, 2.24) is 30.1 Å². The Labute approximate surface area is 538 Å². The molecule has 3 aromatic rings. The van der Waals surface area contributed by atoms with Gasteiger partial charge in [-0.25, -0.2) is 9.97 Å². The number of aromatic nitrogens is 3. The molecule has 1 aliphatic rings. The van der Waals surface area contributed by atoms with Crippen molar-refractivity contribution in [1.29, 1.82) is 0 Å². The van der Waals surface area contributed by atoms with Crippen LogP contribution < -0.4 is 10.1 Å². The van der Waals surface area contributed by atoms with Gasteiger partial charge in [0.15, 0.2) is 29.1 Å². The predicted molar refractivity (Wildman–Crippen MR) is 351 cm³/mol. The van der Waals surface area contributed by atoms with Crippen LogP contribution in [0.1, 0.15) is 158 Å². The van der Waals surface area contributed by atoms with Gasteiger partial charge < -0.3 is 43.1 Å². The van der Waals surface area contributed by atoms with E-state index >= 15 is 0 Å². The molecule has 3 heterocycles. The van der Waals surface area contributed by atoms with E-state index in [0.29, 0.717) is 89.0 Å². The van der Waals surface area contributed by atoms with Gasteiger partial charge in [-0.1, -0.05) is 85.0 Å². The summed E-state index contributed by atoms with van der Waals surface area (Å²) in [6, 6.07) is 6.73. The van der Waals surface area contributed by atoms with E-state index < -0.39 is 58.4 Å². The summed E-state index contributed by atoms with van der Waals surface area (Å²) in [5, 5.41) is 20.4. The summed E-state index contributed by atoms with van der Waals surface area (Å²) in [5.74, 6) is -3.68. The second-order valence-electron chi connectivity index (χ2n) is 25.0. The first-order valence-electron chi connectivity index (χ1n) is 31.7. The molecule has 1 aromatic carbocycles. The SMILES string of the molecule is CCCC(=O)OCN(C(=O)[C@H](CC(=O)[C@@H]1CCCCN1C)C(C)CC)[C@@H](C[C@H](C)c1nc(C(=O)N[C@H](Cc2ccc(OC(=O)CCCC[Si](C)(C)O[Si](C)(C)CSc3cnc(COCCOCCOCCN=[N+]=[N-])cn3)cc2)C[C@@H](C)C(=O)O)cs1)C(C)C. The lowest BCUT2D eigenvalue weighted by atomic mass is 9.82. The molecule has 0 radical (unpaired) electrons. The van der Waals surface area contributed by atoms with E-state index in [0.717, 1.165) is 59.9 Å². The molecule has 89 heavy (non-hydrogen) atoms. The molecule has 0 spiro atoms. The fourth-order valence-corrected chi connectivity index (χ4v) is 22.1. The number of azide groups is 1. The maximum absolute atomic E-state index is 14.9. The third kappa shape index (κ3) is 28.5. The van der Waals surface area contributed by atoms with Gasteiger partial charge in [0.25, 0.3) is 5.91 Å². The Kier molecular flexibility index (Phi) is 34.3. The van der Waals surface area contributed by atoms with E-state index in [4.69, 9.17) is 38.3 Å². The molecule has 1 fully saturated rings. The number of nitrogens with zero attached hydrogens (tertiary/aromatic N) is 8. The Balaban J connectivity index is 1.28. The number of likely N-dealkylation sites (N-methyl/N-ethyl adjacent to an activating group) is 1. The molecule has 2 N–H and O–H groups in total. The second-order valence-corrected chi connectivity index (χ2v) is 36.1. The van der Waals surface area contributed by atoms with Gasteiger partial charge >= 0.3 is 17.9 Å². The van der Waals surface area contributed by atoms with Gasteiger partial charge in [0.2, 0.25) is 5.91 Å². The lowest BCUT2D eigenvalue weighted by molar-refractivity contribution is -0.160. The third-order valence-electron chi connectivity index (χ3n) is 15.9. The number of piperidine rings is 1. The third-order valence-corrected chi connectivity index (χ3v) is 26.8. The van der Waals surface area contributed by atoms with Crippen molar-refractivity contribution in [2.24, 2.45) is 28.8 Å². The monoisotopic (exact) mass is 1310 g/mol. The van der Waals surface area contributed by atoms with Crippen molar-refractivity contribution in [3.8, 4) is 5.75 Å². The zero-order chi connectivity index (χ0) is 65.5. The molecule has 0 saturated carbocycles. The number of likely N-dealkylation sites (tertiary alicyclic amines) is 1. The smallest absolute Gasteiger partial charge is 0.311 e. The maximum Gasteiger partial charge on any atom is 0.311 e. The van der Waals surface area contributed by atoms with Crippen molar-refractivity contribution in [3.05, 3.63) is 74.4 Å². The topological polar surface area (TPSA) is 284 Å². The number of ketones is 1. The number of nitrogens with one attached hydrogen (secondary N) is 1. The standard InChI is InChI=1S/C63H101N9O13S2Si2/c1-13-19-58(74)83-42-72(62(77)52(45(5)14-2)37-56(73)54-20-15-17-27-71(54)8)55(44(3)4)35-46(6)61-69-53(41-86-61)60(76)68-49(34-47(7)63(78)79)36-48-22-24-51(25-23-48)84-59(75)21-16-18-33-88(9,10)85-89(11,12)43-87-57-39-65-50(38-66-57)40-82-32-31-81-30-29-80-28-26-67-70-64/h22-25,38-39,41,44-47,49,52,54-55H,13-21,26-37,40,42-43H2,1-12H3,(H,68,76)(H,78,79)/t45?,46-,47+,49-,52+,54-,55-/m0/s1. The normalized spacial score (nSPS) is 15.9. The van der Waals surface area contributed by atoms with Gasteiger partial charge in [-0.15, -0.1) is 23.1 Å². The molecule has 496 valence electrons. The highest BCUT2D eigenvalue weighted by molar-refractivity contribution is 8.00. The van der Waals surface area contributed by atoms with Crippen LogP contribution in [-0.4, -0.2) is 165 Å². The number of amides is 2. The Hall–Kier alpha value is -5.16. The molecule has 26 heteroatoms. The van der Waals surface area contributed by atoms with Crippen molar-refractivity contribution in [3.63, 3.8) is 0 Å². The van der Waals surface area contributed by atoms with Crippen LogP contribution in [0.25, 0.3) is 10.4 Å². The highest BCUT2D eigenvalue weighted by Crippen LogP contribution is 2.33. The Bertz CT molecular complexity index is 2700. The highest BCUT2D eigenvalue weighted by atomic mass is 32.2. The molecular formula is C63H101N9O13S2Si2. The van der Waals surface area contributed by atoms with Crippen molar-refractivity contribution >= 4 is 75.2 Å². The summed E-state index contributed by atoms with van der Waals surface area (Å²) in [4.78, 5) is 101. The lowest BCUT2D eigenvalue weighted by Gasteiger charge is -2.39. The van der Waals surface area contributed by atoms with Gasteiger partial charge in [0.05, 0.1) is 74.7 Å². The second kappa shape index (κ2) is 40.0. The van der Waals surface area contributed by atoms with Crippen LogP contribution >= 0.6 is 23.1 Å². The number of hydrogen-bond donors (Lipinski definition) is 2. The lowest BCUT2D eigenvalue weighted by Crippen LogP contribution is -2.50. The number of ether oxygens (including phenoxy) is 5. The maximum atomic E-state index is 14.9. The molecule has 22 nitrogen and oxygen atoms in total. The van der Waals surface area contributed by atoms with Crippen molar-refractivity contribution < 1.29 is 61.7 Å². The number of hydrogen-bond acceptors (Lipinski definition) is 19. The summed E-state index contributed by atoms with van der Waals surface area (Å²) in [6.45, 7) is 25.7. The van der Waals surface area contributed by atoms with Crippen LogP contribution in [0.4, 0.5) is 0 Å². The van der Waals surface area contributed by atoms with E-state index in [2.05, 4.69) is 56.4 Å². The summed E-state index contributed by atoms with van der Waals surface area (Å²) in [5.41, 5.74) is 10.0. The highest BCUT2D eigenvalue weighted by Gasteiger charge is 2.39. The first-order chi connectivity index (χ1) is 42.3. The van der Waals surface area contributed by atoms with Gasteiger partial charge in [-0.3, -0.25) is 38.7 Å². The number of aliphatic carboxylic acids is 1. The number of esters is 2. The van der Waals surface area contributed by atoms with E-state index in [1.54, 1.807) is 53.5 Å². The number of thioether (sulfide) groups is 1. The number of thiazole rings is 1. The molecule has 7 atom stereocenters. The molecule has 1 unspecified atom stereocenters. The quantitative estimate of drug-likeness (QED) is 0.00612. The average molecular weight is 1310 g/mol. The van der Waals surface area contributed by atoms with Crippen LogP contribution in [-0.2, 0) is 60.1 Å². The van der Waals surface area contributed by atoms with E-state index in [1.165, 1.54) is 11.3 Å². The van der Waals surface area contributed by atoms with Gasteiger partial charge in [0, 0.05) is 65.4 Å². The van der Waals surface area contributed by atoms with Crippen molar-refractivity contribution in [2.45, 2.75) is 200 Å². The number of Topliss-reactive ketones (excluding diaryl/α,β-unsaturated/α-hetero) is 1. The first-order valence-corrected chi connectivity index (χ1v) is 39.8. The molecular weight excluding hydrogens is 1210 g/mol. The fourth-order valence-electron chi connectivity index (χ4n) is 10.7. The van der Waals surface area contributed by atoms with Crippen LogP contribution in [0, 0.1) is 23.7 Å². The summed E-state index contributed by atoms with van der Waals surface area (Å²) >= 11 is 2.97. The van der Waals surface area contributed by atoms with Crippen LogP contribution in [0.3, 0.4) is 0 Å². The molecule has 1 aliphatic heterocycles. The average Bonchev–Trinajstić information content (AvgIpc) is 3.56. The minimum Gasteiger partial charge on any atom is -0.481 e. The largest absolute Gasteiger partial charge is 0.481 e. The van der Waals surface area contributed by atoms with Gasteiger partial charge in [0.1, 0.15) is 16.5 Å². The van der Waals surface area contributed by atoms with Crippen molar-refractivity contribution in [2.75, 3.05) is 65.3 Å². The molecule has 4 rings (SSSR count). The van der Waals surface area contributed by atoms with E-state index in [1.807, 2.05) is 60.7 Å². The van der Waals surface area contributed by atoms with Gasteiger partial charge in [-0.05, 0) is 126 Å². The number of unbranched alkanes of at least 4 members (excludes halogenated alkanes) is 1. The minimum absolute atomic E-state index is 0.0639. The van der Waals surface area contributed by atoms with Gasteiger partial charge in [-0.2, -0.15) is 0 Å². The Morgan fingerprint density at radius 3 is 2.25 bits per heavy atom. The number of benzene rings is 1. The zero-order valence-electron chi connectivity index (χ0n) is 54.9. The number of carboxylic acids is 1. The summed E-state index contributed by atoms with van der Waals surface area (Å²) in [7, 11) is -2.17. The number of rotatable bonds is 44. The zero-order valence-corrected chi connectivity index (χ0v) is 58.5. The fraction of sp³-hybridized carbons (Fsp3) is 0.698. The summed E-state index contributed by atoms with van der Waals surface area (Å²) in [6.07, 6.45) is 10.5. The molecule has 2 aromatic heterocycles. The first kappa shape index (κ1) is 76.3. The predicted octanol–water partition coefficient (Wildman–Crippen LogP) is 11.8. The number of carbonyl (C=O) groups is 6. The summed E-state index contributed by atoms with van der Waals surface area (Å²) < 4.78 is 34.8.